The van der Waals surface area contributed by atoms with E-state index in [1.807, 2.05) is 39.0 Å². The molecule has 12 heavy (non-hydrogen) atoms. The Morgan fingerprint density at radius 1 is 1.25 bits per heavy atom. The molecule has 68 valence electrons. The summed E-state index contributed by atoms with van der Waals surface area (Å²) in [6.45, 7) is 5.84. The van der Waals surface area contributed by atoms with Crippen LogP contribution in [0.3, 0.4) is 0 Å². The molecule has 0 aliphatic carbocycles. The Hall–Kier alpha value is -0.200. The molecular weight excluding hydrogens is 191 g/mol. The van der Waals surface area contributed by atoms with Crippen LogP contribution in [0.1, 0.15) is 27.2 Å². The van der Waals surface area contributed by atoms with Crippen molar-refractivity contribution in [3.63, 3.8) is 0 Å². The Kier molecular flexibility index (Phi) is 6.23. The lowest BCUT2D eigenvalue weighted by atomic mass is 10.2. The first-order chi connectivity index (χ1) is 5.67. The van der Waals surface area contributed by atoms with Crippen molar-refractivity contribution in [3.8, 4) is 0 Å². The number of allylic oxidation sites excluding steroid dienone is 6. The number of hydrogen-bond donors (Lipinski definition) is 0. The lowest BCUT2D eigenvalue weighted by molar-refractivity contribution is 1.18. The van der Waals surface area contributed by atoms with E-state index in [1.54, 1.807) is 0 Å². The summed E-state index contributed by atoms with van der Waals surface area (Å²) in [7, 11) is 0. The van der Waals surface area contributed by atoms with E-state index >= 15 is 0 Å². The van der Waals surface area contributed by atoms with Gasteiger partial charge < -0.3 is 0 Å². The predicted molar refractivity (Wildman–Crippen MR) is 57.6 cm³/mol. The van der Waals surface area contributed by atoms with E-state index in [0.29, 0.717) is 5.03 Å². The molecule has 0 spiro atoms. The zero-order valence-corrected chi connectivity index (χ0v) is 9.21. The topological polar surface area (TPSA) is 0 Å². The molecule has 0 nitrogen and oxygen atoms in total. The number of halogens is 2. The van der Waals surface area contributed by atoms with Gasteiger partial charge in [0, 0.05) is 15.6 Å². The number of hydrogen-bond acceptors (Lipinski definition) is 0. The Morgan fingerprint density at radius 2 is 1.83 bits per heavy atom. The SMILES string of the molecule is C/C=C/C(C(/Cl)=C\C)=C(\Cl)CC. The highest BCUT2D eigenvalue weighted by molar-refractivity contribution is 6.36. The average molecular weight is 205 g/mol. The molecule has 0 atom stereocenters. The third-order valence-electron chi connectivity index (χ3n) is 1.45. The molecule has 0 aromatic heterocycles. The quantitative estimate of drug-likeness (QED) is 0.590. The van der Waals surface area contributed by atoms with Crippen molar-refractivity contribution < 1.29 is 0 Å². The van der Waals surface area contributed by atoms with Gasteiger partial charge in [0.15, 0.2) is 0 Å². The van der Waals surface area contributed by atoms with Gasteiger partial charge in [-0.25, -0.2) is 0 Å². The summed E-state index contributed by atoms with van der Waals surface area (Å²) >= 11 is 11.9. The van der Waals surface area contributed by atoms with Crippen molar-refractivity contribution in [1.82, 2.24) is 0 Å². The molecule has 0 aliphatic heterocycles. The molecule has 0 aliphatic rings. The molecule has 0 fully saturated rings. The second-order valence-electron chi connectivity index (χ2n) is 2.31. The second kappa shape index (κ2) is 6.33. The molecule has 2 heteroatoms. The smallest absolute Gasteiger partial charge is 0.0447 e. The van der Waals surface area contributed by atoms with E-state index in [2.05, 4.69) is 0 Å². The van der Waals surface area contributed by atoms with Gasteiger partial charge in [0.1, 0.15) is 0 Å². The maximum Gasteiger partial charge on any atom is 0.0447 e. The Morgan fingerprint density at radius 3 is 2.17 bits per heavy atom. The van der Waals surface area contributed by atoms with Crippen molar-refractivity contribution >= 4 is 23.2 Å². The zero-order chi connectivity index (χ0) is 9.56. The molecule has 0 aromatic carbocycles. The summed E-state index contributed by atoms with van der Waals surface area (Å²) in [5.41, 5.74) is 0.922. The van der Waals surface area contributed by atoms with E-state index in [4.69, 9.17) is 23.2 Å². The molecule has 0 aromatic rings. The summed E-state index contributed by atoms with van der Waals surface area (Å²) in [5, 5.41) is 1.51. The lowest BCUT2D eigenvalue weighted by Gasteiger charge is -2.02. The van der Waals surface area contributed by atoms with E-state index in [0.717, 1.165) is 17.0 Å². The van der Waals surface area contributed by atoms with Crippen LogP contribution in [0.25, 0.3) is 0 Å². The first kappa shape index (κ1) is 11.8. The summed E-state index contributed by atoms with van der Waals surface area (Å²) in [6.07, 6.45) is 6.51. The van der Waals surface area contributed by atoms with Crippen LogP contribution in [0.4, 0.5) is 0 Å². The highest BCUT2D eigenvalue weighted by atomic mass is 35.5. The van der Waals surface area contributed by atoms with Crippen LogP contribution >= 0.6 is 23.2 Å². The fourth-order valence-electron chi connectivity index (χ4n) is 0.812. The van der Waals surface area contributed by atoms with Gasteiger partial charge in [0.25, 0.3) is 0 Å². The highest BCUT2D eigenvalue weighted by Crippen LogP contribution is 2.24. The van der Waals surface area contributed by atoms with Crippen LogP contribution in [0.5, 0.6) is 0 Å². The molecule has 0 unspecified atom stereocenters. The molecule has 0 bridgehead atoms. The van der Waals surface area contributed by atoms with E-state index in [9.17, 15) is 0 Å². The minimum Gasteiger partial charge on any atom is -0.0885 e. The summed E-state index contributed by atoms with van der Waals surface area (Å²) in [4.78, 5) is 0. The third-order valence-corrected chi connectivity index (χ3v) is 2.34. The largest absolute Gasteiger partial charge is 0.0885 e. The summed E-state index contributed by atoms with van der Waals surface area (Å²) in [5.74, 6) is 0. The van der Waals surface area contributed by atoms with Crippen molar-refractivity contribution in [3.05, 3.63) is 33.9 Å². The average Bonchev–Trinajstić information content (AvgIpc) is 2.11. The summed E-state index contributed by atoms with van der Waals surface area (Å²) < 4.78 is 0. The fraction of sp³-hybridized carbons (Fsp3) is 0.400. The van der Waals surface area contributed by atoms with Crippen molar-refractivity contribution in [2.24, 2.45) is 0 Å². The van der Waals surface area contributed by atoms with Gasteiger partial charge in [-0.2, -0.15) is 0 Å². The van der Waals surface area contributed by atoms with Crippen LogP contribution < -0.4 is 0 Å². The Bertz CT molecular complexity index is 222. The van der Waals surface area contributed by atoms with Crippen molar-refractivity contribution in [2.75, 3.05) is 0 Å². The minimum atomic E-state index is 0.708. The zero-order valence-electron chi connectivity index (χ0n) is 7.70. The monoisotopic (exact) mass is 204 g/mol. The van der Waals surface area contributed by atoms with Gasteiger partial charge in [-0.15, -0.1) is 0 Å². The Balaban J connectivity index is 4.91. The standard InChI is InChI=1S/C10H14Cl2/c1-4-7-8(9(11)5-2)10(12)6-3/h4-5,7H,6H2,1-3H3/b7-4+,9-5+,10-8+. The number of rotatable bonds is 3. The van der Waals surface area contributed by atoms with Crippen LogP contribution in [-0.4, -0.2) is 0 Å². The fourth-order valence-corrected chi connectivity index (χ4v) is 1.20. The van der Waals surface area contributed by atoms with Gasteiger partial charge in [-0.1, -0.05) is 48.4 Å². The van der Waals surface area contributed by atoms with E-state index in [1.165, 1.54) is 0 Å². The highest BCUT2D eigenvalue weighted by Gasteiger charge is 2.02. The van der Waals surface area contributed by atoms with Gasteiger partial charge in [0.05, 0.1) is 0 Å². The maximum atomic E-state index is 5.99. The predicted octanol–water partition coefficient (Wildman–Crippen LogP) is 4.61. The van der Waals surface area contributed by atoms with Gasteiger partial charge >= 0.3 is 0 Å². The first-order valence-corrected chi connectivity index (χ1v) is 4.76. The molecule has 0 heterocycles. The van der Waals surface area contributed by atoms with E-state index < -0.39 is 0 Å². The van der Waals surface area contributed by atoms with E-state index in [-0.39, 0.29) is 0 Å². The Labute approximate surface area is 84.6 Å². The van der Waals surface area contributed by atoms with Gasteiger partial charge in [0.2, 0.25) is 0 Å². The molecular formula is C10H14Cl2. The van der Waals surface area contributed by atoms with Crippen LogP contribution in [0.2, 0.25) is 0 Å². The summed E-state index contributed by atoms with van der Waals surface area (Å²) in [6, 6.07) is 0. The molecule has 0 saturated carbocycles. The molecule has 0 rings (SSSR count). The second-order valence-corrected chi connectivity index (χ2v) is 3.17. The maximum absolute atomic E-state index is 5.99. The lowest BCUT2D eigenvalue weighted by Crippen LogP contribution is -1.82. The molecule has 0 saturated heterocycles. The molecule has 0 amide bonds. The third kappa shape index (κ3) is 3.46. The molecule has 0 N–H and O–H groups in total. The van der Waals surface area contributed by atoms with Crippen molar-refractivity contribution in [2.45, 2.75) is 27.2 Å². The van der Waals surface area contributed by atoms with Crippen LogP contribution in [0, 0.1) is 0 Å². The normalized spacial score (nSPS) is 15.2. The molecule has 0 radical (unpaired) electrons. The first-order valence-electron chi connectivity index (χ1n) is 4.00. The van der Waals surface area contributed by atoms with Crippen molar-refractivity contribution in [1.29, 1.82) is 0 Å². The van der Waals surface area contributed by atoms with Gasteiger partial charge in [-0.05, 0) is 20.3 Å². The van der Waals surface area contributed by atoms with Crippen LogP contribution in [0.15, 0.2) is 33.9 Å². The minimum absolute atomic E-state index is 0.708. The van der Waals surface area contributed by atoms with Gasteiger partial charge in [-0.3, -0.25) is 0 Å². The van der Waals surface area contributed by atoms with Crippen LogP contribution in [-0.2, 0) is 0 Å².